The van der Waals surface area contributed by atoms with Gasteiger partial charge in [0, 0.05) is 57.6 Å². The van der Waals surface area contributed by atoms with Crippen LogP contribution >= 0.6 is 34.8 Å². The Kier molecular flexibility index (Phi) is 34.5. The van der Waals surface area contributed by atoms with Gasteiger partial charge < -0.3 is 98.0 Å². The summed E-state index contributed by atoms with van der Waals surface area (Å²) < 4.78 is 34.0. The van der Waals surface area contributed by atoms with Crippen molar-refractivity contribution in [3.63, 3.8) is 0 Å². The van der Waals surface area contributed by atoms with E-state index in [1.54, 1.807) is 103 Å². The summed E-state index contributed by atoms with van der Waals surface area (Å²) >= 11 is 17.6. The number of nitrogens with two attached hydrogens (primary N) is 6. The van der Waals surface area contributed by atoms with Crippen molar-refractivity contribution in [2.24, 2.45) is 40.5 Å². The number of Topliss-reactive ketones (excluding diaryl/α,β-unsaturated/α-hetero) is 1. The number of rotatable bonds is 22. The molecule has 42 nitrogen and oxygen atoms in total. The van der Waals surface area contributed by atoms with Gasteiger partial charge in [0.05, 0.1) is 179 Å². The highest BCUT2D eigenvalue weighted by molar-refractivity contribution is 6.36. The number of aromatic hydroxyl groups is 1. The van der Waals surface area contributed by atoms with Crippen molar-refractivity contribution < 1.29 is 106 Å². The largest absolute Gasteiger partial charge is 0.501 e. The number of ketones is 1. The first-order valence-electron chi connectivity index (χ1n) is 37.0. The van der Waals surface area contributed by atoms with Gasteiger partial charge in [0.2, 0.25) is 23.2 Å². The van der Waals surface area contributed by atoms with Gasteiger partial charge in [-0.15, -0.1) is 0 Å². The topological polar surface area (TPSA) is 631 Å². The minimum Gasteiger partial charge on any atom is -0.501 e. The van der Waals surface area contributed by atoms with Gasteiger partial charge in [-0.3, -0.25) is 78.5 Å². The van der Waals surface area contributed by atoms with E-state index in [1.807, 2.05) is 0 Å². The summed E-state index contributed by atoms with van der Waals surface area (Å²) in [5.74, 6) is -3.93. The van der Waals surface area contributed by atoms with Crippen LogP contribution in [0.4, 0.5) is 45.5 Å². The molecule has 3 aromatic heterocycles. The maximum atomic E-state index is 12.7. The first-order chi connectivity index (χ1) is 60.1. The normalized spacial score (nSPS) is 12.5. The van der Waals surface area contributed by atoms with Crippen LogP contribution in [0.5, 0.6) is 34.5 Å². The number of hydrogen-bond acceptors (Lipinski definition) is 31. The lowest BCUT2D eigenvalue weighted by atomic mass is 10.1. The molecule has 0 radical (unpaired) electrons. The third-order valence-corrected chi connectivity index (χ3v) is 19.2. The van der Waals surface area contributed by atoms with E-state index in [9.17, 15) is 88.2 Å². The molecule has 6 aromatic carbocycles. The molecule has 5 aliphatic rings. The van der Waals surface area contributed by atoms with Crippen molar-refractivity contribution in [3.8, 4) is 34.5 Å². The van der Waals surface area contributed by atoms with E-state index in [2.05, 4.69) is 35.1 Å². The van der Waals surface area contributed by atoms with Crippen LogP contribution in [0.25, 0.3) is 0 Å². The van der Waals surface area contributed by atoms with E-state index in [-0.39, 0.29) is 104 Å². The van der Waals surface area contributed by atoms with Gasteiger partial charge in [-0.1, -0.05) is 71.2 Å². The summed E-state index contributed by atoms with van der Waals surface area (Å²) in [4.78, 5) is 173. The SMILES string of the molecule is CN1Cc2nc(Cl)cc(Cl)c2C1=O.COC(=O)c1cccc([N+](=O)[O-])c1O.COC(=O)c1cccc([N+](=O)[O-])c1OC.COc1c(C(N)=O)cccc1[N+](=O)[O-].COc1c(N)cccc1C(N)=O.COc1c(Nc2cc(CC(=O)C3CC3)nc3c2C(=O)N(C)C3)cccc1C(N)=O.COc1c(Nc2cc(Cl)nc3c2C(=O)N(C)C3)cccc1C(N)=O.NC(=O)C1CC1. The Bertz CT molecular complexity index is 5780. The Morgan fingerprint density at radius 3 is 1.17 bits per heavy atom. The fourth-order valence-electron chi connectivity index (χ4n) is 12.2. The smallest absolute Gasteiger partial charge is 0.341 e. The number of phenols is 1. The Hall–Kier alpha value is -15.6. The second-order valence-electron chi connectivity index (χ2n) is 27.2. The number of hydrogen-bond donors (Lipinski definition) is 9. The molecule has 2 fully saturated rings. The van der Waals surface area contributed by atoms with Gasteiger partial charge >= 0.3 is 29.0 Å². The number of carbonyl (C=O) groups is 11. The Balaban J connectivity index is 0.000000206. The number of amides is 8. The molecule has 8 amide bonds. The van der Waals surface area contributed by atoms with Crippen molar-refractivity contribution in [1.82, 2.24) is 29.7 Å². The number of nitro groups is 3. The van der Waals surface area contributed by atoms with E-state index in [4.69, 9.17) is 92.9 Å². The van der Waals surface area contributed by atoms with E-state index >= 15 is 0 Å². The summed E-state index contributed by atoms with van der Waals surface area (Å²) in [6.45, 7) is 1.25. The molecule has 6 heterocycles. The summed E-state index contributed by atoms with van der Waals surface area (Å²) in [5, 5.41) is 48.1. The van der Waals surface area contributed by atoms with Crippen molar-refractivity contribution >= 4 is 145 Å². The fraction of sp³-hybridized carbons (Fsp3) is 0.244. The third-order valence-electron chi connectivity index (χ3n) is 18.5. The van der Waals surface area contributed by atoms with Crippen LogP contribution < -0.4 is 68.7 Å². The van der Waals surface area contributed by atoms with E-state index in [0.717, 1.165) is 38.9 Å². The molecule has 15 N–H and O–H groups in total. The number of nitrogens with zero attached hydrogens (tertiary/aromatic N) is 9. The summed E-state index contributed by atoms with van der Waals surface area (Å²) in [5.41, 5.74) is 37.2. The lowest BCUT2D eigenvalue weighted by Gasteiger charge is -2.16. The highest BCUT2D eigenvalue weighted by Gasteiger charge is 2.36. The van der Waals surface area contributed by atoms with Crippen molar-refractivity contribution in [2.45, 2.75) is 51.7 Å². The highest BCUT2D eigenvalue weighted by Crippen LogP contribution is 2.41. The molecular weight excluding hydrogens is 1730 g/mol. The second kappa shape index (κ2) is 44.5. The van der Waals surface area contributed by atoms with Gasteiger partial charge in [-0.2, -0.15) is 0 Å². The standard InChI is InChI=1S/C21H22N4O4.C16H15ClN4O3.C9H9NO5.C8H6Cl2N2O.C8H8N2O4.C8H10N2O2.C8H7NO5.C4H7NO/c1-25-10-16-18(21(25)28)15(8-12(23-16)9-17(26)11-6-7-11)24-14-5-3-4-13(20(22)27)19(14)29-2;1-21-7-11-13(16(21)23)10(6-12(17)20-11)19-9-5-3-4-8(15(18)22)14(9)24-2;1-14-8-6(9(11)15-2)4-3-5-7(8)10(12)13;1-12-3-5-7(8(12)13)4(9)2-6(10)11-5;1-14-7-5(8(9)11)3-2-4-6(7)10(12)13;1-12-7-5(8(10)11)3-2-4-6(7)9;1-14-8(11)5-3-2-4-6(7(5)10)9(12)13;5-4(6)3-1-2-3/h3-5,8,11H,6-7,9-10H2,1-2H3,(H2,22,27)(H,23,24);3-6H,7H2,1-2H3,(H2,18,22)(H,19,20);3-5H,1-2H3;2H,3H2,1H3;2-4H,1H3,(H2,9,11);2-4H,9H2,1H3,(H2,10,11);2-4,10H,1H3;3H,1-2H2,(H2,5,6). The van der Waals surface area contributed by atoms with Crippen LogP contribution in [-0.4, -0.2) is 185 Å². The number of primary amides is 5. The van der Waals surface area contributed by atoms with Crippen LogP contribution in [0.15, 0.2) is 127 Å². The molecule has 2 aliphatic carbocycles. The fourth-order valence-corrected chi connectivity index (χ4v) is 13.0. The molecule has 0 saturated heterocycles. The quantitative estimate of drug-likeness (QED) is 0.0100. The molecular formula is C82H84Cl3N17O25. The molecule has 3 aliphatic heterocycles. The second-order valence-corrected chi connectivity index (χ2v) is 28.4. The summed E-state index contributed by atoms with van der Waals surface area (Å²) in [7, 11) is 14.3. The first-order valence-corrected chi connectivity index (χ1v) is 38.2. The van der Waals surface area contributed by atoms with Gasteiger partial charge in [0.1, 0.15) is 27.2 Å². The number of anilines is 5. The monoisotopic (exact) mass is 1810 g/mol. The summed E-state index contributed by atoms with van der Waals surface area (Å²) in [6.07, 6.45) is 4.16. The van der Waals surface area contributed by atoms with Crippen molar-refractivity contribution in [1.29, 1.82) is 0 Å². The van der Waals surface area contributed by atoms with Crippen LogP contribution in [0.2, 0.25) is 15.3 Å². The van der Waals surface area contributed by atoms with Gasteiger partial charge in [-0.05, 0) is 98.5 Å². The Labute approximate surface area is 737 Å². The van der Waals surface area contributed by atoms with E-state index < -0.39 is 61.8 Å². The number of methoxy groups -OCH3 is 7. The molecule has 9 aromatic rings. The highest BCUT2D eigenvalue weighted by atomic mass is 35.5. The van der Waals surface area contributed by atoms with E-state index in [0.29, 0.717) is 121 Å². The predicted octanol–water partition coefficient (Wildman–Crippen LogP) is 9.62. The average molecular weight is 1810 g/mol. The Morgan fingerprint density at radius 2 is 0.780 bits per heavy atom. The minimum atomic E-state index is -0.814. The predicted molar refractivity (Wildman–Crippen MR) is 459 cm³/mol. The number of aromatic nitrogens is 3. The molecule has 2 saturated carbocycles. The summed E-state index contributed by atoms with van der Waals surface area (Å²) in [6, 6.07) is 31.2. The number of benzene rings is 6. The number of nitrogen functional groups attached to an aromatic ring is 1. The number of phenolic OH excluding ortho intramolecular Hbond substituents is 1. The number of nitro benzene ring substituents is 3. The van der Waals surface area contributed by atoms with Crippen molar-refractivity contribution in [3.05, 3.63) is 246 Å². The zero-order chi connectivity index (χ0) is 94.3. The number of fused-ring (bicyclic) bond motifs is 3. The maximum absolute atomic E-state index is 12.7. The van der Waals surface area contributed by atoms with Crippen LogP contribution in [0, 0.1) is 42.2 Å². The molecule has 0 spiro atoms. The number of halogens is 3. The molecule has 0 atom stereocenters. The molecule has 45 heteroatoms. The number of pyridine rings is 3. The third kappa shape index (κ3) is 24.9. The zero-order valence-electron chi connectivity index (χ0n) is 69.3. The van der Waals surface area contributed by atoms with Crippen LogP contribution in [0.1, 0.15) is 142 Å². The molecule has 14 rings (SSSR count). The number of nitrogens with one attached hydrogen (secondary N) is 2. The Morgan fingerprint density at radius 1 is 0.441 bits per heavy atom. The molecule has 127 heavy (non-hydrogen) atoms. The number of para-hydroxylation sites is 6. The maximum Gasteiger partial charge on any atom is 0.341 e. The lowest BCUT2D eigenvalue weighted by Crippen LogP contribution is -2.18. The van der Waals surface area contributed by atoms with Crippen LogP contribution in [-0.2, 0) is 45.1 Å². The minimum absolute atomic E-state index is 0.00157. The molecule has 0 bridgehead atoms. The van der Waals surface area contributed by atoms with Gasteiger partial charge in [0.15, 0.2) is 17.2 Å². The van der Waals surface area contributed by atoms with Gasteiger partial charge in [0.25, 0.3) is 41.4 Å². The average Bonchev–Trinajstić information content (AvgIpc) is 1.64. The van der Waals surface area contributed by atoms with E-state index in [1.165, 1.54) is 97.3 Å². The number of ether oxygens (including phenoxy) is 7. The molecule has 668 valence electrons. The molecule has 0 unspecified atom stereocenters. The zero-order valence-corrected chi connectivity index (χ0v) is 71.6. The van der Waals surface area contributed by atoms with Gasteiger partial charge in [-0.25, -0.2) is 19.6 Å². The first kappa shape index (κ1) is 98.5. The lowest BCUT2D eigenvalue weighted by molar-refractivity contribution is -0.386. The van der Waals surface area contributed by atoms with Crippen LogP contribution in [0.3, 0.4) is 0 Å². The number of esters is 2. The van der Waals surface area contributed by atoms with Crippen molar-refractivity contribution in [2.75, 3.05) is 87.3 Å². The number of carbonyl (C=O) groups excluding carboxylic acids is 11.